The summed E-state index contributed by atoms with van der Waals surface area (Å²) in [6, 6.07) is 13.8. The maximum Gasteiger partial charge on any atom is 0.127 e. The van der Waals surface area contributed by atoms with Gasteiger partial charge in [-0.3, -0.25) is 0 Å². The third-order valence-corrected chi connectivity index (χ3v) is 3.17. The van der Waals surface area contributed by atoms with Crippen LogP contribution in [0.15, 0.2) is 48.5 Å². The zero-order valence-corrected chi connectivity index (χ0v) is 11.1. The average Bonchev–Trinajstić information content (AvgIpc) is 2.44. The van der Waals surface area contributed by atoms with Crippen LogP contribution in [0.2, 0.25) is 5.02 Å². The van der Waals surface area contributed by atoms with Crippen LogP contribution in [0, 0.1) is 5.82 Å². The molecule has 4 heteroatoms. The van der Waals surface area contributed by atoms with E-state index in [1.54, 1.807) is 6.07 Å². The molecule has 2 aromatic rings. The highest BCUT2D eigenvalue weighted by Gasteiger charge is 2.10. The molecule has 0 heterocycles. The van der Waals surface area contributed by atoms with Crippen molar-refractivity contribution >= 4 is 11.6 Å². The molecule has 1 atom stereocenters. The van der Waals surface area contributed by atoms with Gasteiger partial charge >= 0.3 is 0 Å². The molecule has 0 unspecified atom stereocenters. The van der Waals surface area contributed by atoms with E-state index in [0.29, 0.717) is 17.1 Å². The predicted molar refractivity (Wildman–Crippen MR) is 74.5 cm³/mol. The quantitative estimate of drug-likeness (QED) is 0.880. The number of aliphatic hydroxyl groups excluding tert-OH is 1. The molecule has 0 aliphatic carbocycles. The molecule has 0 aliphatic rings. The summed E-state index contributed by atoms with van der Waals surface area (Å²) in [5.74, 6) is -0.304. The van der Waals surface area contributed by atoms with Crippen LogP contribution in [0.3, 0.4) is 0 Å². The number of nitrogens with one attached hydrogen (secondary N) is 1. The number of rotatable bonds is 5. The molecule has 0 aliphatic heterocycles. The molecule has 0 saturated heterocycles. The van der Waals surface area contributed by atoms with Crippen LogP contribution in [0.1, 0.15) is 17.2 Å². The summed E-state index contributed by atoms with van der Waals surface area (Å²) >= 11 is 5.84. The van der Waals surface area contributed by atoms with Gasteiger partial charge in [-0.05, 0) is 23.8 Å². The van der Waals surface area contributed by atoms with Crippen molar-refractivity contribution in [3.8, 4) is 0 Å². The van der Waals surface area contributed by atoms with Gasteiger partial charge in [0.1, 0.15) is 5.82 Å². The highest BCUT2D eigenvalue weighted by molar-refractivity contribution is 6.30. The topological polar surface area (TPSA) is 32.3 Å². The molecule has 2 aromatic carbocycles. The van der Waals surface area contributed by atoms with Crippen molar-refractivity contribution in [3.63, 3.8) is 0 Å². The maximum absolute atomic E-state index is 13.6. The lowest BCUT2D eigenvalue weighted by atomic mass is 10.1. The van der Waals surface area contributed by atoms with Crippen LogP contribution < -0.4 is 5.32 Å². The molecule has 2 nitrogen and oxygen atoms in total. The van der Waals surface area contributed by atoms with Crippen molar-refractivity contribution in [2.24, 2.45) is 0 Å². The molecule has 0 spiro atoms. The van der Waals surface area contributed by atoms with Gasteiger partial charge in [0.2, 0.25) is 0 Å². The van der Waals surface area contributed by atoms with E-state index in [9.17, 15) is 9.50 Å². The van der Waals surface area contributed by atoms with Crippen LogP contribution in [-0.4, -0.2) is 11.7 Å². The van der Waals surface area contributed by atoms with Crippen molar-refractivity contribution in [3.05, 3.63) is 70.5 Å². The summed E-state index contributed by atoms with van der Waals surface area (Å²) in [7, 11) is 0. The van der Waals surface area contributed by atoms with Gasteiger partial charge in [0.25, 0.3) is 0 Å². The minimum absolute atomic E-state index is 0.0494. The fraction of sp³-hybridized carbons (Fsp3) is 0.200. The molecule has 0 saturated carbocycles. The van der Waals surface area contributed by atoms with Crippen molar-refractivity contribution in [1.29, 1.82) is 0 Å². The number of benzene rings is 2. The Bertz CT molecular complexity index is 533. The Kier molecular flexibility index (Phi) is 4.91. The van der Waals surface area contributed by atoms with Gasteiger partial charge in [-0.15, -0.1) is 0 Å². The zero-order chi connectivity index (χ0) is 13.7. The fourth-order valence-electron chi connectivity index (χ4n) is 1.89. The average molecular weight is 280 g/mol. The first kappa shape index (κ1) is 14.0. The molecule has 0 amide bonds. The van der Waals surface area contributed by atoms with E-state index >= 15 is 0 Å². The second kappa shape index (κ2) is 6.66. The number of hydrogen-bond donors (Lipinski definition) is 2. The minimum Gasteiger partial charge on any atom is -0.394 e. The Morgan fingerprint density at radius 3 is 2.58 bits per heavy atom. The van der Waals surface area contributed by atoms with Crippen molar-refractivity contribution in [2.75, 3.05) is 6.61 Å². The first-order chi connectivity index (χ1) is 9.20. The van der Waals surface area contributed by atoms with Gasteiger partial charge in [0.05, 0.1) is 12.6 Å². The first-order valence-electron chi connectivity index (χ1n) is 6.04. The third kappa shape index (κ3) is 3.77. The molecule has 2 N–H and O–H groups in total. The van der Waals surface area contributed by atoms with Gasteiger partial charge in [-0.25, -0.2) is 4.39 Å². The summed E-state index contributed by atoms with van der Waals surface area (Å²) < 4.78 is 13.6. The van der Waals surface area contributed by atoms with E-state index in [1.807, 2.05) is 30.3 Å². The van der Waals surface area contributed by atoms with E-state index < -0.39 is 0 Å². The first-order valence-corrected chi connectivity index (χ1v) is 6.41. The highest BCUT2D eigenvalue weighted by atomic mass is 35.5. The SMILES string of the molecule is OC[C@H](NCc1cc(Cl)ccc1F)c1ccccc1. The number of halogens is 2. The lowest BCUT2D eigenvalue weighted by Gasteiger charge is -2.17. The predicted octanol–water partition coefficient (Wildman–Crippen LogP) is 3.30. The van der Waals surface area contributed by atoms with Crippen LogP contribution in [0.25, 0.3) is 0 Å². The Morgan fingerprint density at radius 2 is 1.89 bits per heavy atom. The van der Waals surface area contributed by atoms with Crippen LogP contribution in [0.5, 0.6) is 0 Å². The standard InChI is InChI=1S/C15H15ClFNO/c16-13-6-7-14(17)12(8-13)9-18-15(10-19)11-4-2-1-3-5-11/h1-8,15,18-19H,9-10H2/t15-/m0/s1. The lowest BCUT2D eigenvalue weighted by Crippen LogP contribution is -2.24. The molecular weight excluding hydrogens is 265 g/mol. The molecule has 0 radical (unpaired) electrons. The molecular formula is C15H15ClFNO. The molecule has 0 bridgehead atoms. The summed E-state index contributed by atoms with van der Waals surface area (Å²) in [5.41, 5.74) is 1.45. The van der Waals surface area contributed by atoms with E-state index in [2.05, 4.69) is 5.32 Å². The van der Waals surface area contributed by atoms with Crippen LogP contribution >= 0.6 is 11.6 Å². The zero-order valence-electron chi connectivity index (χ0n) is 10.3. The Labute approximate surface area is 116 Å². The Balaban J connectivity index is 2.06. The third-order valence-electron chi connectivity index (χ3n) is 2.93. The van der Waals surface area contributed by atoms with Crippen LogP contribution in [-0.2, 0) is 6.54 Å². The van der Waals surface area contributed by atoms with Crippen molar-refractivity contribution in [2.45, 2.75) is 12.6 Å². The fourth-order valence-corrected chi connectivity index (χ4v) is 2.08. The minimum atomic E-state index is -0.304. The van der Waals surface area contributed by atoms with Gasteiger partial charge in [-0.1, -0.05) is 41.9 Å². The highest BCUT2D eigenvalue weighted by Crippen LogP contribution is 2.17. The summed E-state index contributed by atoms with van der Waals surface area (Å²) in [4.78, 5) is 0. The van der Waals surface area contributed by atoms with E-state index in [-0.39, 0.29) is 18.5 Å². The molecule has 2 rings (SSSR count). The van der Waals surface area contributed by atoms with Gasteiger partial charge in [0, 0.05) is 17.1 Å². The van der Waals surface area contributed by atoms with Crippen molar-refractivity contribution in [1.82, 2.24) is 5.32 Å². The summed E-state index contributed by atoms with van der Waals surface area (Å²) in [6.07, 6.45) is 0. The second-order valence-electron chi connectivity index (χ2n) is 4.26. The number of aliphatic hydroxyl groups is 1. The Morgan fingerprint density at radius 1 is 1.16 bits per heavy atom. The summed E-state index contributed by atoms with van der Waals surface area (Å²) in [5, 5.41) is 13.0. The van der Waals surface area contributed by atoms with Crippen molar-refractivity contribution < 1.29 is 9.50 Å². The van der Waals surface area contributed by atoms with Gasteiger partial charge in [0.15, 0.2) is 0 Å². The maximum atomic E-state index is 13.6. The molecule has 19 heavy (non-hydrogen) atoms. The smallest absolute Gasteiger partial charge is 0.127 e. The second-order valence-corrected chi connectivity index (χ2v) is 4.70. The van der Waals surface area contributed by atoms with E-state index in [1.165, 1.54) is 12.1 Å². The normalized spacial score (nSPS) is 12.4. The molecule has 0 aromatic heterocycles. The van der Waals surface area contributed by atoms with Gasteiger partial charge in [-0.2, -0.15) is 0 Å². The van der Waals surface area contributed by atoms with Gasteiger partial charge < -0.3 is 10.4 Å². The van der Waals surface area contributed by atoms with E-state index in [4.69, 9.17) is 11.6 Å². The molecule has 100 valence electrons. The Hall–Kier alpha value is -1.42. The van der Waals surface area contributed by atoms with E-state index in [0.717, 1.165) is 5.56 Å². The summed E-state index contributed by atoms with van der Waals surface area (Å²) in [6.45, 7) is 0.263. The lowest BCUT2D eigenvalue weighted by molar-refractivity contribution is 0.243. The largest absolute Gasteiger partial charge is 0.394 e. The molecule has 0 fully saturated rings. The number of hydrogen-bond acceptors (Lipinski definition) is 2. The van der Waals surface area contributed by atoms with Crippen LogP contribution in [0.4, 0.5) is 4.39 Å². The monoisotopic (exact) mass is 279 g/mol.